The summed E-state index contributed by atoms with van der Waals surface area (Å²) in [5.74, 6) is -0.279. The molecule has 1 fully saturated rings. The third-order valence-electron chi connectivity index (χ3n) is 1.79. The Hall–Kier alpha value is -1.37. The lowest BCUT2D eigenvalue weighted by atomic mass is 10.7. The molecule has 0 saturated heterocycles. The van der Waals surface area contributed by atoms with E-state index >= 15 is 0 Å². The lowest BCUT2D eigenvalue weighted by molar-refractivity contribution is -0.00254. The second-order valence-electron chi connectivity index (χ2n) is 3.00. The molecule has 0 aromatic rings. The maximum atomic E-state index is 11.5. The molecule has 0 atom stereocenters. The molecule has 1 aliphatic heterocycles. The van der Waals surface area contributed by atoms with Gasteiger partial charge in [-0.15, -0.1) is 0 Å². The molecule has 0 amide bonds. The molecule has 8 heteroatoms. The normalized spacial score (nSPS) is 20.9. The Balaban J connectivity index is 2.26. The number of aliphatic imine (C=N–C) groups is 2. The van der Waals surface area contributed by atoms with Crippen molar-refractivity contribution < 1.29 is 13.2 Å². The van der Waals surface area contributed by atoms with E-state index in [-0.39, 0.29) is 16.9 Å². The van der Waals surface area contributed by atoms with Gasteiger partial charge in [-0.3, -0.25) is 0 Å². The number of hydrogen-bond donors (Lipinski definition) is 1. The smallest absolute Gasteiger partial charge is 0.442 e. The van der Waals surface area contributed by atoms with E-state index < -0.39 is 10.0 Å². The van der Waals surface area contributed by atoms with E-state index in [4.69, 9.17) is 5.53 Å². The molecule has 14 heavy (non-hydrogen) atoms. The molecule has 0 spiro atoms. The van der Waals surface area contributed by atoms with Crippen LogP contribution in [0.1, 0.15) is 12.8 Å². The van der Waals surface area contributed by atoms with Gasteiger partial charge in [0, 0.05) is 6.04 Å². The number of hydrogen-bond acceptors (Lipinski definition) is 3. The standard InChI is InChI=1S/C6H7N5O2S/c7-10-5-6(9-3-8-5)14(12,13)11-4-1-2-4/h3-4,11H,1-2H2. The lowest BCUT2D eigenvalue weighted by Gasteiger charge is -1.99. The topological polar surface area (TPSA) is 107 Å². The zero-order valence-corrected chi connectivity index (χ0v) is 7.90. The van der Waals surface area contributed by atoms with Crippen molar-refractivity contribution in [1.82, 2.24) is 4.72 Å². The summed E-state index contributed by atoms with van der Waals surface area (Å²) in [6, 6.07) is -0.0109. The molecule has 1 saturated carbocycles. The first-order valence-electron chi connectivity index (χ1n) is 3.98. The molecule has 1 N–H and O–H groups in total. The fraction of sp³-hybridized carbons (Fsp3) is 0.500. The van der Waals surface area contributed by atoms with Gasteiger partial charge in [0.05, 0.1) is 0 Å². The van der Waals surface area contributed by atoms with Crippen molar-refractivity contribution in [2.45, 2.75) is 18.9 Å². The van der Waals surface area contributed by atoms with E-state index in [2.05, 4.69) is 19.5 Å². The van der Waals surface area contributed by atoms with Crippen LogP contribution in [0.3, 0.4) is 0 Å². The van der Waals surface area contributed by atoms with Crippen LogP contribution in [-0.4, -0.2) is 36.5 Å². The minimum Gasteiger partial charge on any atom is -0.497 e. The highest BCUT2D eigenvalue weighted by Gasteiger charge is 2.38. The van der Waals surface area contributed by atoms with Gasteiger partial charge in [-0.05, 0) is 17.8 Å². The molecule has 0 aromatic carbocycles. The van der Waals surface area contributed by atoms with E-state index in [1.54, 1.807) is 0 Å². The van der Waals surface area contributed by atoms with Crippen LogP contribution in [-0.2, 0) is 10.0 Å². The van der Waals surface area contributed by atoms with E-state index in [1.165, 1.54) is 0 Å². The molecule has 0 unspecified atom stereocenters. The van der Waals surface area contributed by atoms with Gasteiger partial charge in [0.25, 0.3) is 15.1 Å². The first-order chi connectivity index (χ1) is 6.63. The van der Waals surface area contributed by atoms with Gasteiger partial charge in [0.15, 0.2) is 0 Å². The summed E-state index contributed by atoms with van der Waals surface area (Å²) in [6.07, 6.45) is 2.70. The Bertz CT molecular complexity index is 466. The monoisotopic (exact) mass is 213 g/mol. The fourth-order valence-corrected chi connectivity index (χ4v) is 2.29. The summed E-state index contributed by atoms with van der Waals surface area (Å²) in [4.78, 5) is 9.74. The predicted molar refractivity (Wildman–Crippen MR) is 49.6 cm³/mol. The zero-order chi connectivity index (χ0) is 10.2. The summed E-state index contributed by atoms with van der Waals surface area (Å²) in [5.41, 5.74) is 8.45. The second kappa shape index (κ2) is 3.09. The van der Waals surface area contributed by atoms with E-state index in [0.29, 0.717) is 0 Å². The van der Waals surface area contributed by atoms with Crippen molar-refractivity contribution in [2.75, 3.05) is 0 Å². The van der Waals surface area contributed by atoms with Crippen molar-refractivity contribution in [2.24, 2.45) is 9.98 Å². The van der Waals surface area contributed by atoms with Gasteiger partial charge in [-0.2, -0.15) is 4.99 Å². The summed E-state index contributed by atoms with van der Waals surface area (Å²) in [7, 11) is -3.67. The van der Waals surface area contributed by atoms with Crippen molar-refractivity contribution in [1.29, 1.82) is 0 Å². The highest BCUT2D eigenvalue weighted by atomic mass is 32.2. The van der Waals surface area contributed by atoms with Gasteiger partial charge in [-0.1, -0.05) is 0 Å². The Morgan fingerprint density at radius 3 is 2.86 bits per heavy atom. The van der Waals surface area contributed by atoms with Crippen molar-refractivity contribution in [3.8, 4) is 0 Å². The third-order valence-corrected chi connectivity index (χ3v) is 3.24. The van der Waals surface area contributed by atoms with Crippen LogP contribution in [0.4, 0.5) is 0 Å². The predicted octanol–water partition coefficient (Wildman–Crippen LogP) is -0.863. The van der Waals surface area contributed by atoms with Gasteiger partial charge in [0.1, 0.15) is 0 Å². The molecular weight excluding hydrogens is 206 g/mol. The summed E-state index contributed by atoms with van der Waals surface area (Å²) >= 11 is 0. The molecular formula is C6H7N5O2S. The Labute approximate surface area is 80.2 Å². The van der Waals surface area contributed by atoms with Crippen LogP contribution in [0.15, 0.2) is 9.98 Å². The summed E-state index contributed by atoms with van der Waals surface area (Å²) in [6.45, 7) is 0. The van der Waals surface area contributed by atoms with E-state index in [0.717, 1.165) is 19.2 Å². The molecule has 2 aliphatic rings. The molecule has 7 nitrogen and oxygen atoms in total. The van der Waals surface area contributed by atoms with Crippen LogP contribution < -0.4 is 4.72 Å². The second-order valence-corrected chi connectivity index (χ2v) is 4.63. The van der Waals surface area contributed by atoms with Gasteiger partial charge in [0.2, 0.25) is 6.34 Å². The maximum Gasteiger partial charge on any atom is 0.442 e. The number of nitrogens with one attached hydrogen (secondary N) is 1. The van der Waals surface area contributed by atoms with E-state index in [9.17, 15) is 8.42 Å². The lowest BCUT2D eigenvalue weighted by Crippen LogP contribution is -2.35. The molecule has 0 radical (unpaired) electrons. The average molecular weight is 213 g/mol. The highest BCUT2D eigenvalue weighted by molar-refractivity contribution is 8.06. The average Bonchev–Trinajstić information content (AvgIpc) is 2.80. The largest absolute Gasteiger partial charge is 0.497 e. The van der Waals surface area contributed by atoms with Crippen LogP contribution in [0.25, 0.3) is 5.53 Å². The number of amidine groups is 1. The zero-order valence-electron chi connectivity index (χ0n) is 7.08. The van der Waals surface area contributed by atoms with Crippen LogP contribution in [0.2, 0.25) is 0 Å². The van der Waals surface area contributed by atoms with E-state index in [1.807, 2.05) is 0 Å². The molecule has 2 rings (SSSR count). The Kier molecular flexibility index (Phi) is 2.03. The van der Waals surface area contributed by atoms with Gasteiger partial charge >= 0.3 is 5.84 Å². The molecule has 74 valence electrons. The SMILES string of the molecule is [N-]=[N+]=C1N=CN=C1S(=O)(=O)NC1CC1. The number of nitrogens with zero attached hydrogens (tertiary/aromatic N) is 4. The molecule has 0 bridgehead atoms. The number of rotatable bonds is 2. The molecule has 0 aromatic heterocycles. The molecule has 1 heterocycles. The van der Waals surface area contributed by atoms with Gasteiger partial charge < -0.3 is 10.3 Å². The quantitative estimate of drug-likeness (QED) is 0.475. The fourth-order valence-electron chi connectivity index (χ4n) is 0.984. The minimum absolute atomic E-state index is 0.0109. The van der Waals surface area contributed by atoms with Crippen LogP contribution >= 0.6 is 0 Å². The summed E-state index contributed by atoms with van der Waals surface area (Å²) in [5, 5.41) is -0.327. The highest BCUT2D eigenvalue weighted by Crippen LogP contribution is 2.20. The first kappa shape index (κ1) is 9.20. The first-order valence-corrected chi connectivity index (χ1v) is 5.47. The van der Waals surface area contributed by atoms with Crippen LogP contribution in [0.5, 0.6) is 0 Å². The van der Waals surface area contributed by atoms with Crippen LogP contribution in [0, 0.1) is 0 Å². The minimum atomic E-state index is -3.67. The maximum absolute atomic E-state index is 11.5. The van der Waals surface area contributed by atoms with Gasteiger partial charge in [-0.25, -0.2) is 13.1 Å². The third kappa shape index (κ3) is 1.63. The van der Waals surface area contributed by atoms with Crippen molar-refractivity contribution in [3.63, 3.8) is 0 Å². The van der Waals surface area contributed by atoms with Crippen molar-refractivity contribution >= 4 is 27.2 Å². The Morgan fingerprint density at radius 2 is 2.29 bits per heavy atom. The number of sulfonamides is 1. The summed E-state index contributed by atoms with van der Waals surface area (Å²) < 4.78 is 25.5. The Morgan fingerprint density at radius 1 is 1.57 bits per heavy atom. The van der Waals surface area contributed by atoms with Crippen molar-refractivity contribution in [3.05, 3.63) is 5.53 Å². The molecule has 1 aliphatic carbocycles.